The molecule has 0 atom stereocenters. The first-order valence-electron chi connectivity index (χ1n) is 9.80. The van der Waals surface area contributed by atoms with Crippen LogP contribution < -0.4 is 11.1 Å². The van der Waals surface area contributed by atoms with Crippen LogP contribution in [0.2, 0.25) is 10.0 Å². The second-order valence-corrected chi connectivity index (χ2v) is 8.34. The molecule has 0 amide bonds. The molecule has 4 aromatic carbocycles. The van der Waals surface area contributed by atoms with E-state index in [1.807, 2.05) is 25.2 Å². The van der Waals surface area contributed by atoms with E-state index in [1.165, 1.54) is 22.3 Å². The van der Waals surface area contributed by atoms with E-state index in [9.17, 15) is 0 Å². The maximum absolute atomic E-state index is 6.66. The smallest absolute Gasteiger partial charge is 0.0714 e. The first-order chi connectivity index (χ1) is 14.6. The first-order valence-corrected chi connectivity index (χ1v) is 10.6. The lowest BCUT2D eigenvalue weighted by Gasteiger charge is -2.34. The molecule has 148 valence electrons. The van der Waals surface area contributed by atoms with Crippen molar-refractivity contribution in [1.29, 1.82) is 0 Å². The Morgan fingerprint density at radius 3 is 1.77 bits per heavy atom. The van der Waals surface area contributed by atoms with Gasteiger partial charge in [-0.2, -0.15) is 0 Å². The van der Waals surface area contributed by atoms with Crippen LogP contribution in [0.3, 0.4) is 0 Å². The molecule has 0 fully saturated rings. The fourth-order valence-electron chi connectivity index (χ4n) is 4.74. The predicted octanol–water partition coefficient (Wildman–Crippen LogP) is 6.98. The molecule has 2 nitrogen and oxygen atoms in total. The molecule has 30 heavy (non-hydrogen) atoms. The summed E-state index contributed by atoms with van der Waals surface area (Å²) in [6.07, 6.45) is 0. The number of nitrogens with one attached hydrogen (secondary N) is 1. The Labute approximate surface area is 186 Å². The summed E-state index contributed by atoms with van der Waals surface area (Å²) in [5.74, 6) is 0. The van der Waals surface area contributed by atoms with Crippen LogP contribution in [0.25, 0.3) is 11.1 Å². The lowest BCUT2D eigenvalue weighted by atomic mass is 9.67. The van der Waals surface area contributed by atoms with Gasteiger partial charge in [-0.3, -0.25) is 0 Å². The van der Waals surface area contributed by atoms with Gasteiger partial charge in [0.15, 0.2) is 0 Å². The van der Waals surface area contributed by atoms with E-state index in [1.54, 1.807) is 0 Å². The summed E-state index contributed by atoms with van der Waals surface area (Å²) in [7, 11) is 1.87. The van der Waals surface area contributed by atoms with Crippen molar-refractivity contribution in [2.24, 2.45) is 0 Å². The third kappa shape index (κ3) is 2.57. The van der Waals surface area contributed by atoms with Gasteiger partial charge in [-0.1, -0.05) is 83.9 Å². The normalized spacial score (nSPS) is 13.6. The van der Waals surface area contributed by atoms with Gasteiger partial charge in [0.2, 0.25) is 0 Å². The van der Waals surface area contributed by atoms with Crippen molar-refractivity contribution in [2.45, 2.75) is 5.41 Å². The summed E-state index contributed by atoms with van der Waals surface area (Å²) in [6, 6.07) is 29.2. The van der Waals surface area contributed by atoms with Crippen molar-refractivity contribution >= 4 is 34.6 Å². The van der Waals surface area contributed by atoms with E-state index < -0.39 is 5.41 Å². The Balaban J connectivity index is 1.94. The van der Waals surface area contributed by atoms with Gasteiger partial charge in [0.05, 0.1) is 26.8 Å². The Bertz CT molecular complexity index is 1230. The van der Waals surface area contributed by atoms with Crippen molar-refractivity contribution in [3.8, 4) is 11.1 Å². The molecular weight excluding hydrogens is 411 g/mol. The molecule has 1 aliphatic rings. The molecule has 0 bridgehead atoms. The van der Waals surface area contributed by atoms with Crippen LogP contribution in [0.15, 0.2) is 84.9 Å². The summed E-state index contributed by atoms with van der Waals surface area (Å²) >= 11 is 13.2. The highest BCUT2D eigenvalue weighted by molar-refractivity contribution is 6.33. The molecule has 4 aromatic rings. The van der Waals surface area contributed by atoms with Crippen LogP contribution in [0.1, 0.15) is 22.3 Å². The van der Waals surface area contributed by atoms with Crippen LogP contribution in [0.4, 0.5) is 11.4 Å². The number of rotatable bonds is 3. The maximum atomic E-state index is 6.66. The molecule has 1 aliphatic carbocycles. The van der Waals surface area contributed by atoms with Crippen LogP contribution in [0, 0.1) is 0 Å². The maximum Gasteiger partial charge on any atom is 0.0714 e. The molecule has 0 saturated heterocycles. The number of nitrogens with two attached hydrogens (primary N) is 1. The van der Waals surface area contributed by atoms with Gasteiger partial charge in [-0.25, -0.2) is 0 Å². The van der Waals surface area contributed by atoms with Crippen LogP contribution in [-0.2, 0) is 5.41 Å². The molecule has 0 spiro atoms. The zero-order chi connectivity index (χ0) is 20.9. The minimum atomic E-state index is -0.541. The van der Waals surface area contributed by atoms with Crippen molar-refractivity contribution in [3.63, 3.8) is 0 Å². The summed E-state index contributed by atoms with van der Waals surface area (Å²) in [4.78, 5) is 0. The molecule has 4 heteroatoms. The number of nitrogen functional groups attached to an aromatic ring is 1. The number of hydrogen-bond donors (Lipinski definition) is 2. The van der Waals surface area contributed by atoms with Crippen LogP contribution >= 0.6 is 23.2 Å². The molecular formula is C26H20Cl2N2. The Morgan fingerprint density at radius 2 is 1.23 bits per heavy atom. The Morgan fingerprint density at radius 1 is 0.700 bits per heavy atom. The van der Waals surface area contributed by atoms with Gasteiger partial charge < -0.3 is 11.1 Å². The monoisotopic (exact) mass is 430 g/mol. The van der Waals surface area contributed by atoms with Crippen molar-refractivity contribution < 1.29 is 0 Å². The average molecular weight is 431 g/mol. The molecule has 0 aliphatic heterocycles. The fourth-order valence-corrected chi connectivity index (χ4v) is 5.19. The number of halogens is 2. The third-order valence-electron chi connectivity index (χ3n) is 6.06. The van der Waals surface area contributed by atoms with Gasteiger partial charge in [0, 0.05) is 7.05 Å². The highest BCUT2D eigenvalue weighted by Gasteiger charge is 2.46. The van der Waals surface area contributed by atoms with E-state index in [0.29, 0.717) is 15.7 Å². The largest absolute Gasteiger partial charge is 0.398 e. The molecule has 0 radical (unpaired) electrons. The van der Waals surface area contributed by atoms with E-state index in [4.69, 9.17) is 28.9 Å². The Kier molecular flexibility index (Phi) is 4.50. The van der Waals surface area contributed by atoms with Crippen molar-refractivity contribution in [3.05, 3.63) is 117 Å². The summed E-state index contributed by atoms with van der Waals surface area (Å²) in [5, 5.41) is 4.38. The van der Waals surface area contributed by atoms with E-state index in [-0.39, 0.29) is 0 Å². The highest BCUT2D eigenvalue weighted by Crippen LogP contribution is 2.56. The number of benzene rings is 4. The lowest BCUT2D eigenvalue weighted by molar-refractivity contribution is 0.769. The SMILES string of the molecule is CNc1ccc(C2(c3ccc(N)c(Cl)c3)c3ccccc3-c3ccccc32)cc1Cl. The summed E-state index contributed by atoms with van der Waals surface area (Å²) < 4.78 is 0. The molecule has 0 unspecified atom stereocenters. The molecule has 0 heterocycles. The number of anilines is 2. The van der Waals surface area contributed by atoms with E-state index in [2.05, 4.69) is 72.0 Å². The first kappa shape index (κ1) is 19.0. The molecule has 0 aromatic heterocycles. The highest BCUT2D eigenvalue weighted by atomic mass is 35.5. The zero-order valence-corrected chi connectivity index (χ0v) is 17.9. The van der Waals surface area contributed by atoms with E-state index >= 15 is 0 Å². The van der Waals surface area contributed by atoms with Gasteiger partial charge in [0.1, 0.15) is 0 Å². The zero-order valence-electron chi connectivity index (χ0n) is 16.4. The lowest BCUT2D eigenvalue weighted by Crippen LogP contribution is -2.28. The fraction of sp³-hybridized carbons (Fsp3) is 0.0769. The van der Waals surface area contributed by atoms with Crippen LogP contribution in [-0.4, -0.2) is 7.05 Å². The molecule has 5 rings (SSSR count). The third-order valence-corrected chi connectivity index (χ3v) is 6.70. The van der Waals surface area contributed by atoms with E-state index in [0.717, 1.165) is 16.8 Å². The van der Waals surface area contributed by atoms with Gasteiger partial charge in [-0.05, 0) is 57.6 Å². The summed E-state index contributed by atoms with van der Waals surface area (Å²) in [6.45, 7) is 0. The minimum absolute atomic E-state index is 0.541. The average Bonchev–Trinajstić information content (AvgIpc) is 3.07. The molecule has 3 N–H and O–H groups in total. The van der Waals surface area contributed by atoms with Gasteiger partial charge >= 0.3 is 0 Å². The second-order valence-electron chi connectivity index (χ2n) is 7.52. The number of hydrogen-bond acceptors (Lipinski definition) is 2. The van der Waals surface area contributed by atoms with Crippen LogP contribution in [0.5, 0.6) is 0 Å². The van der Waals surface area contributed by atoms with Crippen molar-refractivity contribution in [2.75, 3.05) is 18.1 Å². The molecule has 0 saturated carbocycles. The Hall–Kier alpha value is -2.94. The summed E-state index contributed by atoms with van der Waals surface area (Å²) in [5.41, 5.74) is 14.0. The number of fused-ring (bicyclic) bond motifs is 3. The van der Waals surface area contributed by atoms with Crippen molar-refractivity contribution in [1.82, 2.24) is 0 Å². The quantitative estimate of drug-likeness (QED) is 0.303. The topological polar surface area (TPSA) is 38.0 Å². The minimum Gasteiger partial charge on any atom is -0.398 e. The van der Waals surface area contributed by atoms with Gasteiger partial charge in [0.25, 0.3) is 0 Å². The standard InChI is InChI=1S/C26H20Cl2N2/c1-30-25-13-11-17(15-23(25)28)26(16-10-12-24(29)22(27)14-16)20-8-4-2-6-18(20)19-7-3-5-9-21(19)26/h2-15,30H,29H2,1H3. The van der Waals surface area contributed by atoms with Gasteiger partial charge in [-0.15, -0.1) is 0 Å². The predicted molar refractivity (Wildman–Crippen MR) is 128 cm³/mol. The second kappa shape index (κ2) is 7.09.